The molecule has 142 valence electrons. The third kappa shape index (κ3) is 3.06. The first kappa shape index (κ1) is 17.2. The van der Waals surface area contributed by atoms with E-state index in [1.807, 2.05) is 34.9 Å². The molecule has 5 rings (SSSR count). The number of fused-ring (bicyclic) bond motifs is 2. The summed E-state index contributed by atoms with van der Waals surface area (Å²) in [6.45, 7) is 2.73. The first-order chi connectivity index (χ1) is 14.2. The lowest BCUT2D eigenvalue weighted by atomic mass is 10.1. The van der Waals surface area contributed by atoms with E-state index in [0.717, 1.165) is 39.2 Å². The van der Waals surface area contributed by atoms with Crippen LogP contribution in [0.5, 0.6) is 0 Å². The van der Waals surface area contributed by atoms with Crippen LogP contribution >= 0.6 is 0 Å². The van der Waals surface area contributed by atoms with Crippen LogP contribution in [0.25, 0.3) is 33.5 Å². The molecule has 0 radical (unpaired) electrons. The molecule has 3 aromatic heterocycles. The Hall–Kier alpha value is -3.87. The molecule has 0 saturated heterocycles. The second kappa shape index (κ2) is 6.94. The molecular weight excluding hydrogens is 362 g/mol. The summed E-state index contributed by atoms with van der Waals surface area (Å²) in [5.41, 5.74) is 13.1. The zero-order valence-corrected chi connectivity index (χ0v) is 15.9. The molecule has 2 N–H and O–H groups in total. The molecule has 7 heteroatoms. The van der Waals surface area contributed by atoms with Crippen molar-refractivity contribution in [1.29, 1.82) is 0 Å². The van der Waals surface area contributed by atoms with Crippen molar-refractivity contribution in [2.24, 2.45) is 0 Å². The molecule has 0 amide bonds. The van der Waals surface area contributed by atoms with Crippen molar-refractivity contribution >= 4 is 28.0 Å². The number of nitrogens with two attached hydrogens (primary N) is 1. The summed E-state index contributed by atoms with van der Waals surface area (Å²) in [5, 5.41) is 0. The Balaban J connectivity index is 1.59. The minimum absolute atomic E-state index is 0.389. The summed E-state index contributed by atoms with van der Waals surface area (Å²) in [7, 11) is 0. The highest BCUT2D eigenvalue weighted by atomic mass is 15.1. The Morgan fingerprint density at radius 1 is 0.897 bits per heavy atom. The predicted molar refractivity (Wildman–Crippen MR) is 113 cm³/mol. The maximum atomic E-state index is 5.90. The number of hydrogen-bond donors (Lipinski definition) is 1. The van der Waals surface area contributed by atoms with Gasteiger partial charge in [0.15, 0.2) is 11.5 Å². The minimum atomic E-state index is 0.389. The molecule has 0 unspecified atom stereocenters. The van der Waals surface area contributed by atoms with Crippen molar-refractivity contribution in [3.63, 3.8) is 0 Å². The van der Waals surface area contributed by atoms with Crippen molar-refractivity contribution < 1.29 is 0 Å². The number of imidazole rings is 1. The smallest absolute Gasteiger partial charge is 0.165 e. The van der Waals surface area contributed by atoms with Crippen LogP contribution in [0, 0.1) is 6.92 Å². The van der Waals surface area contributed by atoms with Gasteiger partial charge in [0.25, 0.3) is 0 Å². The molecule has 29 heavy (non-hydrogen) atoms. The van der Waals surface area contributed by atoms with Crippen LogP contribution in [0.15, 0.2) is 61.2 Å². The number of aryl methyl sites for hydroxylation is 3. The van der Waals surface area contributed by atoms with Gasteiger partial charge in [-0.05, 0) is 18.6 Å². The number of anilines is 1. The van der Waals surface area contributed by atoms with E-state index in [2.05, 4.69) is 40.1 Å². The Labute approximate surface area is 167 Å². The quantitative estimate of drug-likeness (QED) is 0.511. The lowest BCUT2D eigenvalue weighted by Crippen LogP contribution is -2.06. The van der Waals surface area contributed by atoms with Crippen LogP contribution in [0.3, 0.4) is 0 Å². The van der Waals surface area contributed by atoms with Gasteiger partial charge in [0, 0.05) is 18.5 Å². The monoisotopic (exact) mass is 381 g/mol. The zero-order valence-electron chi connectivity index (χ0n) is 15.9. The molecule has 0 aliphatic heterocycles. The van der Waals surface area contributed by atoms with Crippen LogP contribution in [-0.2, 0) is 13.0 Å². The van der Waals surface area contributed by atoms with Crippen molar-refractivity contribution in [3.8, 4) is 11.3 Å². The van der Waals surface area contributed by atoms with Crippen molar-refractivity contribution in [2.75, 3.05) is 5.73 Å². The molecule has 0 atom stereocenters. The van der Waals surface area contributed by atoms with E-state index >= 15 is 0 Å². The Kier molecular flexibility index (Phi) is 4.13. The van der Waals surface area contributed by atoms with E-state index in [-0.39, 0.29) is 0 Å². The van der Waals surface area contributed by atoms with Crippen LogP contribution in [-0.4, -0.2) is 29.5 Å². The molecule has 0 bridgehead atoms. The SMILES string of the molecule is Cc1cccc2nc(CCn3cnc4c(N)ncnc43)c(-c3ccccc3)nc12. The lowest BCUT2D eigenvalue weighted by Gasteiger charge is -2.12. The standard InChI is InChI=1S/C22H19N7/c1-14-6-5-9-16-18(14)28-19(15-7-3-2-4-8-15)17(27-16)10-11-29-13-26-20-21(23)24-12-25-22(20)29/h2-9,12-13H,10-11H2,1H3,(H2,23,24,25). The van der Waals surface area contributed by atoms with Gasteiger partial charge in [-0.1, -0.05) is 42.5 Å². The number of benzene rings is 2. The third-order valence-corrected chi connectivity index (χ3v) is 5.04. The number of aromatic nitrogens is 6. The number of rotatable bonds is 4. The average Bonchev–Trinajstić information content (AvgIpc) is 3.17. The van der Waals surface area contributed by atoms with E-state index in [1.165, 1.54) is 6.33 Å². The van der Waals surface area contributed by atoms with Gasteiger partial charge in [-0.25, -0.2) is 24.9 Å². The fourth-order valence-electron chi connectivity index (χ4n) is 3.54. The predicted octanol–water partition coefficient (Wildman–Crippen LogP) is 3.57. The summed E-state index contributed by atoms with van der Waals surface area (Å²) in [4.78, 5) is 22.6. The van der Waals surface area contributed by atoms with Gasteiger partial charge in [-0.2, -0.15) is 0 Å². The maximum absolute atomic E-state index is 5.90. The van der Waals surface area contributed by atoms with Gasteiger partial charge >= 0.3 is 0 Å². The fourth-order valence-corrected chi connectivity index (χ4v) is 3.54. The maximum Gasteiger partial charge on any atom is 0.165 e. The number of nitrogen functional groups attached to an aromatic ring is 1. The Bertz CT molecular complexity index is 1330. The summed E-state index contributed by atoms with van der Waals surface area (Å²) in [6, 6.07) is 16.3. The van der Waals surface area contributed by atoms with Crippen molar-refractivity contribution in [2.45, 2.75) is 19.9 Å². The van der Waals surface area contributed by atoms with E-state index in [9.17, 15) is 0 Å². The molecule has 0 spiro atoms. The largest absolute Gasteiger partial charge is 0.382 e. The third-order valence-electron chi connectivity index (χ3n) is 5.04. The van der Waals surface area contributed by atoms with E-state index in [0.29, 0.717) is 24.3 Å². The summed E-state index contributed by atoms with van der Waals surface area (Å²) in [5.74, 6) is 0.389. The molecule has 0 aliphatic carbocycles. The topological polar surface area (TPSA) is 95.4 Å². The summed E-state index contributed by atoms with van der Waals surface area (Å²) >= 11 is 0. The molecule has 0 saturated carbocycles. The molecule has 7 nitrogen and oxygen atoms in total. The van der Waals surface area contributed by atoms with Crippen molar-refractivity contribution in [1.82, 2.24) is 29.5 Å². The average molecular weight is 381 g/mol. The normalized spacial score (nSPS) is 11.3. The van der Waals surface area contributed by atoms with Crippen LogP contribution in [0.4, 0.5) is 5.82 Å². The minimum Gasteiger partial charge on any atom is -0.382 e. The zero-order chi connectivity index (χ0) is 19.8. The summed E-state index contributed by atoms with van der Waals surface area (Å²) in [6.07, 6.45) is 3.90. The second-order valence-corrected chi connectivity index (χ2v) is 6.95. The van der Waals surface area contributed by atoms with Gasteiger partial charge in [0.1, 0.15) is 11.8 Å². The van der Waals surface area contributed by atoms with Gasteiger partial charge in [-0.15, -0.1) is 0 Å². The van der Waals surface area contributed by atoms with E-state index in [4.69, 9.17) is 15.7 Å². The van der Waals surface area contributed by atoms with Gasteiger partial charge < -0.3 is 10.3 Å². The molecule has 5 aromatic rings. The number of hydrogen-bond acceptors (Lipinski definition) is 6. The number of para-hydroxylation sites is 1. The van der Waals surface area contributed by atoms with Crippen molar-refractivity contribution in [3.05, 3.63) is 72.4 Å². The highest BCUT2D eigenvalue weighted by Gasteiger charge is 2.14. The molecule has 0 aliphatic rings. The van der Waals surface area contributed by atoms with E-state index < -0.39 is 0 Å². The number of nitrogens with zero attached hydrogens (tertiary/aromatic N) is 6. The molecule has 3 heterocycles. The lowest BCUT2D eigenvalue weighted by molar-refractivity contribution is 0.698. The first-order valence-electron chi connectivity index (χ1n) is 9.43. The van der Waals surface area contributed by atoms with Crippen LogP contribution < -0.4 is 5.73 Å². The molecule has 2 aromatic carbocycles. The molecular formula is C22H19N7. The van der Waals surface area contributed by atoms with Gasteiger partial charge in [-0.3, -0.25) is 0 Å². The van der Waals surface area contributed by atoms with Crippen LogP contribution in [0.2, 0.25) is 0 Å². The summed E-state index contributed by atoms with van der Waals surface area (Å²) < 4.78 is 1.98. The van der Waals surface area contributed by atoms with Crippen LogP contribution in [0.1, 0.15) is 11.3 Å². The van der Waals surface area contributed by atoms with Gasteiger partial charge in [0.05, 0.1) is 28.7 Å². The first-order valence-corrected chi connectivity index (χ1v) is 9.43. The Morgan fingerprint density at radius 2 is 1.76 bits per heavy atom. The Morgan fingerprint density at radius 3 is 2.62 bits per heavy atom. The van der Waals surface area contributed by atoms with E-state index in [1.54, 1.807) is 6.33 Å². The fraction of sp³-hybridized carbons (Fsp3) is 0.136. The molecule has 0 fully saturated rings. The highest BCUT2D eigenvalue weighted by molar-refractivity contribution is 5.82. The highest BCUT2D eigenvalue weighted by Crippen LogP contribution is 2.26. The van der Waals surface area contributed by atoms with Gasteiger partial charge in [0.2, 0.25) is 0 Å². The second-order valence-electron chi connectivity index (χ2n) is 6.95.